The minimum absolute atomic E-state index is 0.663. The minimum Gasteiger partial charge on any atom is -0.368 e. The van der Waals surface area contributed by atoms with Crippen molar-refractivity contribution in [1.29, 1.82) is 0 Å². The van der Waals surface area contributed by atoms with Crippen molar-refractivity contribution in [3.63, 3.8) is 0 Å². The fraction of sp³-hybridized carbons (Fsp3) is 0.286. The molecule has 13 heavy (non-hydrogen) atoms. The first-order valence-corrected chi connectivity index (χ1v) is 4.05. The van der Waals surface area contributed by atoms with Gasteiger partial charge in [-0.15, -0.1) is 10.2 Å². The van der Waals surface area contributed by atoms with Crippen LogP contribution in [0.4, 0.5) is 5.82 Å². The van der Waals surface area contributed by atoms with Crippen LogP contribution in [0.1, 0.15) is 5.56 Å². The van der Waals surface area contributed by atoms with Gasteiger partial charge in [0.15, 0.2) is 11.6 Å². The van der Waals surface area contributed by atoms with E-state index in [-0.39, 0.29) is 0 Å². The monoisotopic (exact) mass is 175 g/mol. The summed E-state index contributed by atoms with van der Waals surface area (Å²) in [5.41, 5.74) is 1.11. The van der Waals surface area contributed by atoms with Gasteiger partial charge in [0.1, 0.15) is 6.20 Å². The van der Waals surface area contributed by atoms with Crippen LogP contribution in [0.3, 0.4) is 0 Å². The fourth-order valence-corrected chi connectivity index (χ4v) is 1.40. The van der Waals surface area contributed by atoms with E-state index in [4.69, 9.17) is 0 Å². The van der Waals surface area contributed by atoms with Crippen LogP contribution in [-0.4, -0.2) is 31.7 Å². The molecule has 0 amide bonds. The van der Waals surface area contributed by atoms with Crippen molar-refractivity contribution >= 4 is 5.82 Å². The summed E-state index contributed by atoms with van der Waals surface area (Å²) in [6.07, 6.45) is 5.78. The van der Waals surface area contributed by atoms with E-state index < -0.39 is 0 Å². The molecule has 1 aliphatic rings. The highest BCUT2D eigenvalue weighted by Gasteiger charge is 2.16. The Balaban J connectivity index is 2.08. The van der Waals surface area contributed by atoms with Gasteiger partial charge < -0.3 is 5.32 Å². The molecule has 6 heteroatoms. The Labute approximate surface area is 74.0 Å². The maximum atomic E-state index is 4.26. The first kappa shape index (κ1) is 6.64. The van der Waals surface area contributed by atoms with E-state index in [1.165, 1.54) is 0 Å². The molecule has 0 fully saturated rings. The molecule has 0 atom stereocenters. The van der Waals surface area contributed by atoms with Crippen LogP contribution in [0.2, 0.25) is 0 Å². The van der Waals surface area contributed by atoms with Gasteiger partial charge in [-0.3, -0.25) is 5.10 Å². The summed E-state index contributed by atoms with van der Waals surface area (Å²) < 4.78 is 1.60. The summed E-state index contributed by atoms with van der Waals surface area (Å²) >= 11 is 0. The third-order valence-electron chi connectivity index (χ3n) is 2.01. The molecule has 2 aromatic heterocycles. The van der Waals surface area contributed by atoms with E-state index in [1.807, 2.05) is 0 Å². The summed E-state index contributed by atoms with van der Waals surface area (Å²) in [5, 5.41) is 17.5. The van der Waals surface area contributed by atoms with E-state index in [2.05, 4.69) is 32.0 Å². The largest absolute Gasteiger partial charge is 0.368 e. The van der Waals surface area contributed by atoms with Gasteiger partial charge in [-0.2, -0.15) is 0 Å². The minimum atomic E-state index is 0.663. The molecule has 2 N–H and O–H groups in total. The molecule has 0 aromatic carbocycles. The van der Waals surface area contributed by atoms with Crippen LogP contribution in [-0.2, 0) is 6.42 Å². The van der Waals surface area contributed by atoms with Gasteiger partial charge in [0.05, 0.1) is 6.20 Å². The highest BCUT2D eigenvalue weighted by molar-refractivity contribution is 5.48. The first-order chi connectivity index (χ1) is 6.43. The quantitative estimate of drug-likeness (QED) is 0.627. The van der Waals surface area contributed by atoms with Crippen molar-refractivity contribution in [2.24, 2.45) is 0 Å². The number of nitrogens with one attached hydrogen (secondary N) is 2. The molecule has 1 radical (unpaired) electrons. The molecule has 0 saturated carbocycles. The maximum Gasteiger partial charge on any atom is 0.195 e. The van der Waals surface area contributed by atoms with Crippen molar-refractivity contribution in [2.75, 3.05) is 11.9 Å². The second-order valence-electron chi connectivity index (χ2n) is 2.86. The highest BCUT2D eigenvalue weighted by Crippen LogP contribution is 2.19. The molecule has 0 spiro atoms. The highest BCUT2D eigenvalue weighted by atomic mass is 15.4. The van der Waals surface area contributed by atoms with Crippen LogP contribution in [0.25, 0.3) is 5.82 Å². The van der Waals surface area contributed by atoms with Crippen LogP contribution < -0.4 is 5.32 Å². The van der Waals surface area contributed by atoms with E-state index in [0.29, 0.717) is 5.82 Å². The summed E-state index contributed by atoms with van der Waals surface area (Å²) in [6, 6.07) is 0. The van der Waals surface area contributed by atoms with Gasteiger partial charge >= 0.3 is 0 Å². The van der Waals surface area contributed by atoms with Crippen molar-refractivity contribution in [3.8, 4) is 5.82 Å². The zero-order valence-electron chi connectivity index (χ0n) is 6.78. The number of rotatable bonds is 1. The summed E-state index contributed by atoms with van der Waals surface area (Å²) in [4.78, 5) is 0. The molecular formula is C7H7N6. The fourth-order valence-electron chi connectivity index (χ4n) is 1.40. The Morgan fingerprint density at radius 3 is 3.31 bits per heavy atom. The zero-order chi connectivity index (χ0) is 8.67. The topological polar surface area (TPSA) is 71.4 Å². The van der Waals surface area contributed by atoms with Crippen molar-refractivity contribution in [3.05, 3.63) is 18.0 Å². The van der Waals surface area contributed by atoms with E-state index in [0.717, 1.165) is 24.3 Å². The number of fused-ring (bicyclic) bond motifs is 1. The van der Waals surface area contributed by atoms with Gasteiger partial charge in [-0.1, -0.05) is 5.21 Å². The summed E-state index contributed by atoms with van der Waals surface area (Å²) in [6.45, 7) is 0.952. The predicted octanol–water partition coefficient (Wildman–Crippen LogP) is -0.241. The van der Waals surface area contributed by atoms with E-state index in [9.17, 15) is 0 Å². The smallest absolute Gasteiger partial charge is 0.195 e. The number of H-pyrrole nitrogens is 1. The lowest BCUT2D eigenvalue weighted by Crippen LogP contribution is -2.00. The maximum absolute atomic E-state index is 4.26. The molecule has 0 aliphatic carbocycles. The lowest BCUT2D eigenvalue weighted by atomic mass is 10.3. The molecular weight excluding hydrogens is 168 g/mol. The van der Waals surface area contributed by atoms with Gasteiger partial charge in [-0.25, -0.2) is 4.68 Å². The molecule has 0 bridgehead atoms. The molecule has 0 unspecified atom stereocenters. The number of aromatic nitrogens is 5. The molecule has 1 aliphatic heterocycles. The average Bonchev–Trinajstić information content (AvgIpc) is 2.78. The van der Waals surface area contributed by atoms with Crippen molar-refractivity contribution in [2.45, 2.75) is 6.42 Å². The molecule has 2 aromatic rings. The molecule has 6 nitrogen and oxygen atoms in total. The molecule has 0 saturated heterocycles. The van der Waals surface area contributed by atoms with Gasteiger partial charge in [0, 0.05) is 12.1 Å². The van der Waals surface area contributed by atoms with Gasteiger partial charge in [-0.05, 0) is 6.42 Å². The lowest BCUT2D eigenvalue weighted by molar-refractivity contribution is 0.818. The Bertz CT molecular complexity index is 393. The van der Waals surface area contributed by atoms with E-state index in [1.54, 1.807) is 10.9 Å². The summed E-state index contributed by atoms with van der Waals surface area (Å²) in [7, 11) is 0. The second-order valence-corrected chi connectivity index (χ2v) is 2.86. The summed E-state index contributed by atoms with van der Waals surface area (Å²) in [5.74, 6) is 1.57. The normalized spacial score (nSPS) is 14.2. The van der Waals surface area contributed by atoms with Gasteiger partial charge in [0.25, 0.3) is 0 Å². The SMILES string of the molecule is [c]1c2c(nn1-c1c[nH]nn1)NCC2. The standard InChI is InChI=1S/C7H7N6/c1-2-8-7-5(1)4-13(11-7)6-3-9-12-10-6/h3H,1-2H2,(H,8,11)(H,9,10,12). The zero-order valence-corrected chi connectivity index (χ0v) is 6.78. The number of hydrogen-bond acceptors (Lipinski definition) is 4. The first-order valence-electron chi connectivity index (χ1n) is 4.05. The van der Waals surface area contributed by atoms with Crippen molar-refractivity contribution < 1.29 is 0 Å². The van der Waals surface area contributed by atoms with Crippen LogP contribution in [0.5, 0.6) is 0 Å². The Hall–Kier alpha value is -1.85. The number of nitrogens with zero attached hydrogens (tertiary/aromatic N) is 4. The third kappa shape index (κ3) is 0.915. The predicted molar refractivity (Wildman–Crippen MR) is 44.5 cm³/mol. The third-order valence-corrected chi connectivity index (χ3v) is 2.01. The van der Waals surface area contributed by atoms with E-state index >= 15 is 0 Å². The molecule has 3 rings (SSSR count). The Kier molecular flexibility index (Phi) is 1.18. The number of anilines is 1. The number of hydrogen-bond donors (Lipinski definition) is 2. The Morgan fingerprint density at radius 1 is 1.54 bits per heavy atom. The Morgan fingerprint density at radius 2 is 2.54 bits per heavy atom. The average molecular weight is 175 g/mol. The van der Waals surface area contributed by atoms with Crippen molar-refractivity contribution in [1.82, 2.24) is 25.2 Å². The van der Waals surface area contributed by atoms with Gasteiger partial charge in [0.2, 0.25) is 0 Å². The number of aromatic amines is 1. The lowest BCUT2D eigenvalue weighted by Gasteiger charge is -1.93. The van der Waals surface area contributed by atoms with Crippen LogP contribution >= 0.6 is 0 Å². The molecule has 3 heterocycles. The second kappa shape index (κ2) is 2.32. The van der Waals surface area contributed by atoms with Crippen LogP contribution in [0.15, 0.2) is 6.20 Å². The van der Waals surface area contributed by atoms with Crippen LogP contribution in [0, 0.1) is 6.20 Å². The molecule has 65 valence electrons.